The first kappa shape index (κ1) is 12.0. The minimum atomic E-state index is -2.96. The summed E-state index contributed by atoms with van der Waals surface area (Å²) in [7, 11) is -2.96. The van der Waals surface area contributed by atoms with Crippen molar-refractivity contribution in [2.45, 2.75) is 33.6 Å². The van der Waals surface area contributed by atoms with Crippen molar-refractivity contribution in [2.24, 2.45) is 11.3 Å². The molecule has 1 aliphatic rings. The normalized spacial score (nSPS) is 25.6. The van der Waals surface area contributed by atoms with Gasteiger partial charge in [-0.05, 0) is 24.2 Å². The Morgan fingerprint density at radius 1 is 1.36 bits per heavy atom. The third kappa shape index (κ3) is 3.58. The molecule has 0 spiro atoms. The summed E-state index contributed by atoms with van der Waals surface area (Å²) in [4.78, 5) is 0. The Balaban J connectivity index is 2.51. The smallest absolute Gasteiger partial charge is 0.211 e. The highest BCUT2D eigenvalue weighted by Crippen LogP contribution is 2.30. The SMILES string of the molecule is CC(C)(C)CC1CCN(S(C)(=O)=O)C1. The Hall–Kier alpha value is -0.0900. The van der Waals surface area contributed by atoms with Crippen LogP contribution >= 0.6 is 0 Å². The zero-order valence-electron chi connectivity index (χ0n) is 9.58. The van der Waals surface area contributed by atoms with Gasteiger partial charge in [-0.1, -0.05) is 20.8 Å². The van der Waals surface area contributed by atoms with E-state index in [4.69, 9.17) is 0 Å². The predicted molar refractivity (Wildman–Crippen MR) is 58.6 cm³/mol. The van der Waals surface area contributed by atoms with Gasteiger partial charge >= 0.3 is 0 Å². The maximum atomic E-state index is 11.3. The Bertz CT molecular complexity index is 290. The van der Waals surface area contributed by atoms with E-state index in [0.717, 1.165) is 19.4 Å². The first-order valence-corrected chi connectivity index (χ1v) is 6.98. The van der Waals surface area contributed by atoms with Gasteiger partial charge in [0.1, 0.15) is 0 Å². The van der Waals surface area contributed by atoms with Gasteiger partial charge in [0.15, 0.2) is 0 Å². The maximum Gasteiger partial charge on any atom is 0.211 e. The fraction of sp³-hybridized carbons (Fsp3) is 1.00. The van der Waals surface area contributed by atoms with Gasteiger partial charge < -0.3 is 0 Å². The molecule has 1 heterocycles. The number of sulfonamides is 1. The molecular formula is C10H21NO2S. The molecule has 4 heteroatoms. The summed E-state index contributed by atoms with van der Waals surface area (Å²) < 4.78 is 24.1. The Kier molecular flexibility index (Phi) is 3.26. The molecule has 0 N–H and O–H groups in total. The van der Waals surface area contributed by atoms with E-state index in [2.05, 4.69) is 20.8 Å². The zero-order valence-corrected chi connectivity index (χ0v) is 10.4. The van der Waals surface area contributed by atoms with Crippen LogP contribution in [0, 0.1) is 11.3 Å². The van der Waals surface area contributed by atoms with Crippen LogP contribution in [0.1, 0.15) is 33.6 Å². The van der Waals surface area contributed by atoms with Crippen molar-refractivity contribution in [3.05, 3.63) is 0 Å². The molecule has 1 saturated heterocycles. The Morgan fingerprint density at radius 3 is 2.29 bits per heavy atom. The molecule has 1 aliphatic heterocycles. The molecule has 0 aromatic rings. The standard InChI is InChI=1S/C10H21NO2S/c1-10(2,3)7-9-5-6-11(8-9)14(4,12)13/h9H,5-8H2,1-4H3. The second-order valence-electron chi connectivity index (χ2n) is 5.54. The van der Waals surface area contributed by atoms with Gasteiger partial charge in [-0.2, -0.15) is 0 Å². The molecule has 0 amide bonds. The van der Waals surface area contributed by atoms with Crippen LogP contribution in [0.25, 0.3) is 0 Å². The average Bonchev–Trinajstić information content (AvgIpc) is 2.29. The Labute approximate surface area is 87.5 Å². The lowest BCUT2D eigenvalue weighted by molar-refractivity contribution is 0.299. The summed E-state index contributed by atoms with van der Waals surface area (Å²) in [5.41, 5.74) is 0.304. The topological polar surface area (TPSA) is 37.4 Å². The largest absolute Gasteiger partial charge is 0.213 e. The number of hydrogen-bond donors (Lipinski definition) is 0. The lowest BCUT2D eigenvalue weighted by atomic mass is 9.84. The number of nitrogens with zero attached hydrogens (tertiary/aromatic N) is 1. The van der Waals surface area contributed by atoms with Crippen LogP contribution in [0.5, 0.6) is 0 Å². The summed E-state index contributed by atoms with van der Waals surface area (Å²) in [5, 5.41) is 0. The number of rotatable bonds is 2. The molecule has 0 radical (unpaired) electrons. The second kappa shape index (κ2) is 3.81. The van der Waals surface area contributed by atoms with Gasteiger partial charge in [-0.25, -0.2) is 12.7 Å². The van der Waals surface area contributed by atoms with E-state index in [1.165, 1.54) is 6.26 Å². The van der Waals surface area contributed by atoms with Crippen LogP contribution in [-0.4, -0.2) is 32.1 Å². The highest BCUT2D eigenvalue weighted by atomic mass is 32.2. The Morgan fingerprint density at radius 2 is 1.93 bits per heavy atom. The molecule has 0 saturated carbocycles. The molecule has 1 fully saturated rings. The molecule has 84 valence electrons. The third-order valence-electron chi connectivity index (χ3n) is 2.62. The first-order valence-electron chi connectivity index (χ1n) is 5.13. The fourth-order valence-electron chi connectivity index (χ4n) is 2.13. The maximum absolute atomic E-state index is 11.3. The molecule has 14 heavy (non-hydrogen) atoms. The van der Waals surface area contributed by atoms with E-state index < -0.39 is 10.0 Å². The van der Waals surface area contributed by atoms with Gasteiger partial charge in [-0.3, -0.25) is 0 Å². The minimum absolute atomic E-state index is 0.304. The quantitative estimate of drug-likeness (QED) is 0.709. The van der Waals surface area contributed by atoms with Crippen molar-refractivity contribution < 1.29 is 8.42 Å². The molecule has 0 aliphatic carbocycles. The zero-order chi connectivity index (χ0) is 11.0. The molecule has 1 unspecified atom stereocenters. The van der Waals surface area contributed by atoms with E-state index in [9.17, 15) is 8.42 Å². The summed E-state index contributed by atoms with van der Waals surface area (Å²) in [5.74, 6) is 0.546. The number of hydrogen-bond acceptors (Lipinski definition) is 2. The third-order valence-corrected chi connectivity index (χ3v) is 3.89. The van der Waals surface area contributed by atoms with Gasteiger partial charge in [0.05, 0.1) is 6.26 Å². The van der Waals surface area contributed by atoms with Crippen molar-refractivity contribution in [1.29, 1.82) is 0 Å². The highest BCUT2D eigenvalue weighted by molar-refractivity contribution is 7.88. The molecule has 0 bridgehead atoms. The predicted octanol–water partition coefficient (Wildman–Crippen LogP) is 1.70. The van der Waals surface area contributed by atoms with Gasteiger partial charge in [0.25, 0.3) is 0 Å². The van der Waals surface area contributed by atoms with Gasteiger partial charge in [0, 0.05) is 13.1 Å². The monoisotopic (exact) mass is 219 g/mol. The summed E-state index contributed by atoms with van der Waals surface area (Å²) in [6.07, 6.45) is 3.43. The van der Waals surface area contributed by atoms with E-state index in [-0.39, 0.29) is 0 Å². The molecule has 1 atom stereocenters. The van der Waals surface area contributed by atoms with Crippen LogP contribution in [0.15, 0.2) is 0 Å². The fourth-order valence-corrected chi connectivity index (χ4v) is 3.05. The van der Waals surface area contributed by atoms with Crippen LogP contribution in [0.4, 0.5) is 0 Å². The van der Waals surface area contributed by atoms with E-state index in [1.54, 1.807) is 4.31 Å². The lowest BCUT2D eigenvalue weighted by Crippen LogP contribution is -2.28. The summed E-state index contributed by atoms with van der Waals surface area (Å²) in [6.45, 7) is 8.04. The van der Waals surface area contributed by atoms with Crippen molar-refractivity contribution in [1.82, 2.24) is 4.31 Å². The van der Waals surface area contributed by atoms with Gasteiger partial charge in [-0.15, -0.1) is 0 Å². The minimum Gasteiger partial charge on any atom is -0.213 e. The van der Waals surface area contributed by atoms with Crippen LogP contribution < -0.4 is 0 Å². The van der Waals surface area contributed by atoms with E-state index in [0.29, 0.717) is 17.9 Å². The van der Waals surface area contributed by atoms with Crippen LogP contribution in [-0.2, 0) is 10.0 Å². The molecule has 1 rings (SSSR count). The van der Waals surface area contributed by atoms with Crippen molar-refractivity contribution >= 4 is 10.0 Å². The summed E-state index contributed by atoms with van der Waals surface area (Å²) >= 11 is 0. The van der Waals surface area contributed by atoms with E-state index >= 15 is 0 Å². The van der Waals surface area contributed by atoms with Crippen LogP contribution in [0.3, 0.4) is 0 Å². The molecule has 0 aromatic heterocycles. The lowest BCUT2D eigenvalue weighted by Gasteiger charge is -2.22. The van der Waals surface area contributed by atoms with Crippen molar-refractivity contribution in [2.75, 3.05) is 19.3 Å². The van der Waals surface area contributed by atoms with Gasteiger partial charge in [0.2, 0.25) is 10.0 Å². The second-order valence-corrected chi connectivity index (χ2v) is 7.52. The first-order chi connectivity index (χ1) is 6.18. The molecule has 0 aromatic carbocycles. The van der Waals surface area contributed by atoms with Crippen molar-refractivity contribution in [3.63, 3.8) is 0 Å². The van der Waals surface area contributed by atoms with Crippen molar-refractivity contribution in [3.8, 4) is 0 Å². The summed E-state index contributed by atoms with van der Waals surface area (Å²) in [6, 6.07) is 0. The van der Waals surface area contributed by atoms with Crippen LogP contribution in [0.2, 0.25) is 0 Å². The average molecular weight is 219 g/mol. The molecular weight excluding hydrogens is 198 g/mol. The molecule has 3 nitrogen and oxygen atoms in total. The highest BCUT2D eigenvalue weighted by Gasteiger charge is 2.30. The van der Waals surface area contributed by atoms with E-state index in [1.807, 2.05) is 0 Å².